The van der Waals surface area contributed by atoms with Gasteiger partial charge in [-0.25, -0.2) is 0 Å². The summed E-state index contributed by atoms with van der Waals surface area (Å²) in [5.74, 6) is 0.731. The monoisotopic (exact) mass is 353 g/mol. The molecule has 1 aliphatic rings. The van der Waals surface area contributed by atoms with Crippen molar-refractivity contribution in [2.24, 2.45) is 0 Å². The molecule has 0 aliphatic carbocycles. The quantitative estimate of drug-likeness (QED) is 0.639. The number of anilines is 2. The van der Waals surface area contributed by atoms with E-state index in [0.717, 1.165) is 26.2 Å². The number of piperazine rings is 1. The zero-order chi connectivity index (χ0) is 18.5. The fourth-order valence-corrected chi connectivity index (χ4v) is 3.18. The topological polar surface area (TPSA) is 58.8 Å². The van der Waals surface area contributed by atoms with Crippen molar-refractivity contribution in [2.75, 3.05) is 43.4 Å². The van der Waals surface area contributed by atoms with Crippen molar-refractivity contribution < 1.29 is 9.53 Å². The molecule has 0 radical (unpaired) electrons. The van der Waals surface area contributed by atoms with Crippen molar-refractivity contribution in [3.8, 4) is 5.75 Å². The van der Waals surface area contributed by atoms with E-state index in [1.807, 2.05) is 19.9 Å². The summed E-state index contributed by atoms with van der Waals surface area (Å²) in [6, 6.07) is 15.7. The van der Waals surface area contributed by atoms with Gasteiger partial charge in [0.1, 0.15) is 5.75 Å². The van der Waals surface area contributed by atoms with Gasteiger partial charge in [-0.15, -0.1) is 0 Å². The molecule has 5 nitrogen and oxygen atoms in total. The lowest BCUT2D eigenvalue weighted by Crippen LogP contribution is -2.48. The fourth-order valence-electron chi connectivity index (χ4n) is 3.18. The van der Waals surface area contributed by atoms with Gasteiger partial charge < -0.3 is 15.4 Å². The minimum atomic E-state index is 0.0553. The van der Waals surface area contributed by atoms with E-state index in [1.165, 1.54) is 5.69 Å². The molecule has 0 aromatic heterocycles. The molecule has 1 fully saturated rings. The van der Waals surface area contributed by atoms with Crippen LogP contribution >= 0.6 is 0 Å². The lowest BCUT2D eigenvalue weighted by molar-refractivity contribution is 0.0926. The largest absolute Gasteiger partial charge is 0.489 e. The van der Waals surface area contributed by atoms with Crippen LogP contribution < -0.4 is 15.4 Å². The van der Waals surface area contributed by atoms with Crippen molar-refractivity contribution in [1.29, 1.82) is 0 Å². The standard InChI is InChI=1S/C21H27N3O2/c1-16(2)26-21-9-8-17(14-19(21)22)20(25)15-23-10-12-24(13-11-23)18-6-4-3-5-7-18/h3-9,14,16H,10-13,15,22H2,1-2H3. The van der Waals surface area contributed by atoms with Gasteiger partial charge in [-0.1, -0.05) is 18.2 Å². The zero-order valence-electron chi connectivity index (χ0n) is 15.5. The number of nitrogens with zero attached hydrogens (tertiary/aromatic N) is 2. The average molecular weight is 353 g/mol. The van der Waals surface area contributed by atoms with Crippen LogP contribution in [0, 0.1) is 0 Å². The van der Waals surface area contributed by atoms with Gasteiger partial charge >= 0.3 is 0 Å². The highest BCUT2D eigenvalue weighted by molar-refractivity contribution is 5.98. The number of para-hydroxylation sites is 1. The van der Waals surface area contributed by atoms with Gasteiger partial charge in [0, 0.05) is 37.4 Å². The van der Waals surface area contributed by atoms with E-state index in [1.54, 1.807) is 18.2 Å². The summed E-state index contributed by atoms with van der Waals surface area (Å²) in [4.78, 5) is 17.2. The summed E-state index contributed by atoms with van der Waals surface area (Å²) in [7, 11) is 0. The number of nitrogen functional groups attached to an aromatic ring is 1. The van der Waals surface area contributed by atoms with Crippen LogP contribution in [0.2, 0.25) is 0 Å². The van der Waals surface area contributed by atoms with Crippen molar-refractivity contribution in [3.05, 3.63) is 54.1 Å². The number of carbonyl (C=O) groups is 1. The maximum atomic E-state index is 12.6. The summed E-state index contributed by atoms with van der Waals surface area (Å²) in [5, 5.41) is 0. The second-order valence-corrected chi connectivity index (χ2v) is 6.94. The molecule has 2 N–H and O–H groups in total. The van der Waals surface area contributed by atoms with Gasteiger partial charge in [-0.05, 0) is 44.2 Å². The minimum Gasteiger partial charge on any atom is -0.489 e. The van der Waals surface area contributed by atoms with E-state index in [2.05, 4.69) is 34.1 Å². The first kappa shape index (κ1) is 18.3. The Morgan fingerprint density at radius 2 is 1.77 bits per heavy atom. The summed E-state index contributed by atoms with van der Waals surface area (Å²) >= 11 is 0. The van der Waals surface area contributed by atoms with Crippen molar-refractivity contribution in [1.82, 2.24) is 4.90 Å². The Morgan fingerprint density at radius 3 is 2.38 bits per heavy atom. The average Bonchev–Trinajstić information content (AvgIpc) is 2.64. The van der Waals surface area contributed by atoms with Crippen LogP contribution in [0.3, 0.4) is 0 Å². The number of Topliss-reactive ketones (excluding diaryl/α,β-unsaturated/α-hetero) is 1. The van der Waals surface area contributed by atoms with E-state index in [-0.39, 0.29) is 11.9 Å². The summed E-state index contributed by atoms with van der Waals surface area (Å²) in [6.07, 6.45) is 0.0553. The van der Waals surface area contributed by atoms with E-state index in [0.29, 0.717) is 23.5 Å². The Labute approximate surface area is 155 Å². The molecule has 1 saturated heterocycles. The highest BCUT2D eigenvalue weighted by Crippen LogP contribution is 2.24. The first-order valence-corrected chi connectivity index (χ1v) is 9.14. The normalized spacial score (nSPS) is 15.3. The molecule has 2 aromatic rings. The predicted molar refractivity (Wildman–Crippen MR) is 106 cm³/mol. The molecule has 0 atom stereocenters. The van der Waals surface area contributed by atoms with Gasteiger partial charge in [0.05, 0.1) is 18.3 Å². The van der Waals surface area contributed by atoms with Crippen molar-refractivity contribution in [2.45, 2.75) is 20.0 Å². The van der Waals surface area contributed by atoms with Gasteiger partial charge in [0.25, 0.3) is 0 Å². The maximum absolute atomic E-state index is 12.6. The Bertz CT molecular complexity index is 738. The molecule has 5 heteroatoms. The number of ketones is 1. The SMILES string of the molecule is CC(C)Oc1ccc(C(=O)CN2CCN(c3ccccc3)CC2)cc1N. The molecule has 2 aromatic carbocycles. The number of ether oxygens (including phenoxy) is 1. The van der Waals surface area contributed by atoms with Gasteiger partial charge in [0.15, 0.2) is 5.78 Å². The number of hydrogen-bond donors (Lipinski definition) is 1. The molecule has 1 heterocycles. The highest BCUT2D eigenvalue weighted by atomic mass is 16.5. The third-order valence-electron chi connectivity index (χ3n) is 4.56. The maximum Gasteiger partial charge on any atom is 0.176 e. The molecule has 3 rings (SSSR count). The van der Waals surface area contributed by atoms with Crippen LogP contribution in [-0.2, 0) is 0 Å². The Kier molecular flexibility index (Phi) is 5.78. The third kappa shape index (κ3) is 4.55. The number of rotatable bonds is 6. The predicted octanol–water partition coefficient (Wildman–Crippen LogP) is 3.06. The Balaban J connectivity index is 1.55. The molecule has 138 valence electrons. The van der Waals surface area contributed by atoms with E-state index in [9.17, 15) is 4.79 Å². The van der Waals surface area contributed by atoms with E-state index < -0.39 is 0 Å². The van der Waals surface area contributed by atoms with Crippen LogP contribution in [0.4, 0.5) is 11.4 Å². The number of carbonyl (C=O) groups excluding carboxylic acids is 1. The summed E-state index contributed by atoms with van der Waals surface area (Å²) in [6.45, 7) is 7.95. The smallest absolute Gasteiger partial charge is 0.176 e. The molecular weight excluding hydrogens is 326 g/mol. The fraction of sp³-hybridized carbons (Fsp3) is 0.381. The lowest BCUT2D eigenvalue weighted by Gasteiger charge is -2.35. The molecule has 0 amide bonds. The molecule has 1 aliphatic heterocycles. The van der Waals surface area contributed by atoms with E-state index >= 15 is 0 Å². The van der Waals surface area contributed by atoms with Crippen LogP contribution in [0.15, 0.2) is 48.5 Å². The van der Waals surface area contributed by atoms with Crippen molar-refractivity contribution in [3.63, 3.8) is 0 Å². The first-order valence-electron chi connectivity index (χ1n) is 9.14. The molecule has 0 bridgehead atoms. The van der Waals surface area contributed by atoms with Gasteiger partial charge in [-0.3, -0.25) is 9.69 Å². The number of nitrogens with two attached hydrogens (primary N) is 1. The van der Waals surface area contributed by atoms with E-state index in [4.69, 9.17) is 10.5 Å². The van der Waals surface area contributed by atoms with Crippen LogP contribution in [0.1, 0.15) is 24.2 Å². The molecule has 0 unspecified atom stereocenters. The molecular formula is C21H27N3O2. The second-order valence-electron chi connectivity index (χ2n) is 6.94. The van der Waals surface area contributed by atoms with Crippen LogP contribution in [0.5, 0.6) is 5.75 Å². The number of hydrogen-bond acceptors (Lipinski definition) is 5. The second kappa shape index (κ2) is 8.23. The molecule has 0 saturated carbocycles. The third-order valence-corrected chi connectivity index (χ3v) is 4.56. The van der Waals surface area contributed by atoms with Gasteiger partial charge in [-0.2, -0.15) is 0 Å². The highest BCUT2D eigenvalue weighted by Gasteiger charge is 2.20. The van der Waals surface area contributed by atoms with Crippen LogP contribution in [-0.4, -0.2) is 49.5 Å². The lowest BCUT2D eigenvalue weighted by atomic mass is 10.1. The number of benzene rings is 2. The van der Waals surface area contributed by atoms with Crippen LogP contribution in [0.25, 0.3) is 0 Å². The summed E-state index contributed by atoms with van der Waals surface area (Å²) < 4.78 is 5.63. The first-order chi connectivity index (χ1) is 12.5. The molecule has 0 spiro atoms. The Morgan fingerprint density at radius 1 is 1.08 bits per heavy atom. The molecule has 26 heavy (non-hydrogen) atoms. The summed E-state index contributed by atoms with van der Waals surface area (Å²) in [5.41, 5.74) is 8.42. The van der Waals surface area contributed by atoms with Gasteiger partial charge in [0.2, 0.25) is 0 Å². The van der Waals surface area contributed by atoms with Crippen molar-refractivity contribution >= 4 is 17.2 Å². The zero-order valence-corrected chi connectivity index (χ0v) is 15.5. The Hall–Kier alpha value is -2.53. The minimum absolute atomic E-state index is 0.0553.